The van der Waals surface area contributed by atoms with Crippen LogP contribution in [0.2, 0.25) is 0 Å². The van der Waals surface area contributed by atoms with Gasteiger partial charge in [-0.1, -0.05) is 0 Å². The Morgan fingerprint density at radius 3 is 2.81 bits per heavy atom. The molecule has 0 aliphatic carbocycles. The highest BCUT2D eigenvalue weighted by atomic mass is 32.1. The number of hydrogen-bond acceptors (Lipinski definition) is 6. The van der Waals surface area contributed by atoms with Gasteiger partial charge in [0.05, 0.1) is 5.39 Å². The average Bonchev–Trinajstić information content (AvgIpc) is 2.78. The van der Waals surface area contributed by atoms with Crippen molar-refractivity contribution in [2.75, 3.05) is 23.7 Å². The maximum absolute atomic E-state index is 11.1. The molecule has 7 heteroatoms. The maximum atomic E-state index is 11.1. The fourth-order valence-corrected chi connectivity index (χ4v) is 3.69. The number of piperidine rings is 1. The molecule has 2 aromatic heterocycles. The minimum absolute atomic E-state index is 0.0376. The van der Waals surface area contributed by atoms with Crippen LogP contribution in [-0.4, -0.2) is 35.0 Å². The van der Waals surface area contributed by atoms with Gasteiger partial charge in [-0.2, -0.15) is 4.98 Å². The van der Waals surface area contributed by atoms with Gasteiger partial charge in [0.25, 0.3) is 0 Å². The van der Waals surface area contributed by atoms with Crippen molar-refractivity contribution in [3.63, 3.8) is 0 Å². The molecule has 3 N–H and O–H groups in total. The van der Waals surface area contributed by atoms with E-state index in [0.29, 0.717) is 5.95 Å². The van der Waals surface area contributed by atoms with Crippen LogP contribution < -0.4 is 16.0 Å². The van der Waals surface area contributed by atoms with Gasteiger partial charge < -0.3 is 16.0 Å². The molecule has 0 aromatic carbocycles. The standard InChI is InChI=1S/C14H19N5OS/c1-8-7-11-12(17-14(15)18-13(11)21-8)19-5-3-10(4-6-19)16-9(2)20/h7,10H,3-6H2,1-2H3,(H,16,20)(H2,15,17,18). The molecule has 1 saturated heterocycles. The van der Waals surface area contributed by atoms with E-state index in [4.69, 9.17) is 5.73 Å². The van der Waals surface area contributed by atoms with Crippen molar-refractivity contribution >= 4 is 39.2 Å². The van der Waals surface area contributed by atoms with Crippen LogP contribution in [0.5, 0.6) is 0 Å². The zero-order chi connectivity index (χ0) is 15.0. The molecule has 0 unspecified atom stereocenters. The van der Waals surface area contributed by atoms with E-state index in [2.05, 4.69) is 33.2 Å². The van der Waals surface area contributed by atoms with Crippen LogP contribution in [0.1, 0.15) is 24.6 Å². The number of nitrogens with two attached hydrogens (primary N) is 1. The number of aromatic nitrogens is 2. The van der Waals surface area contributed by atoms with Crippen LogP contribution in [-0.2, 0) is 4.79 Å². The second kappa shape index (κ2) is 5.48. The second-order valence-corrected chi connectivity index (χ2v) is 6.68. The van der Waals surface area contributed by atoms with Crippen molar-refractivity contribution in [2.45, 2.75) is 32.7 Å². The quantitative estimate of drug-likeness (QED) is 0.882. The van der Waals surface area contributed by atoms with Gasteiger partial charge in [-0.15, -0.1) is 11.3 Å². The fraction of sp³-hybridized carbons (Fsp3) is 0.500. The molecule has 6 nitrogen and oxygen atoms in total. The zero-order valence-corrected chi connectivity index (χ0v) is 13.0. The molecule has 1 fully saturated rings. The van der Waals surface area contributed by atoms with E-state index in [0.717, 1.165) is 42.0 Å². The first kappa shape index (κ1) is 14.1. The third-order valence-electron chi connectivity index (χ3n) is 3.71. The molecule has 0 saturated carbocycles. The number of amides is 1. The van der Waals surface area contributed by atoms with Crippen molar-refractivity contribution in [3.05, 3.63) is 10.9 Å². The average molecular weight is 305 g/mol. The highest BCUT2D eigenvalue weighted by molar-refractivity contribution is 7.18. The minimum atomic E-state index is 0.0376. The molecule has 1 aliphatic heterocycles. The predicted molar refractivity (Wildman–Crippen MR) is 85.6 cm³/mol. The van der Waals surface area contributed by atoms with E-state index in [9.17, 15) is 4.79 Å². The summed E-state index contributed by atoms with van der Waals surface area (Å²) in [5.74, 6) is 1.28. The van der Waals surface area contributed by atoms with E-state index in [1.165, 1.54) is 4.88 Å². The SMILES string of the molecule is CC(=O)NC1CCN(c2nc(N)nc3sc(C)cc23)CC1. The molecule has 3 rings (SSSR count). The third kappa shape index (κ3) is 2.92. The second-order valence-electron chi connectivity index (χ2n) is 5.44. The largest absolute Gasteiger partial charge is 0.368 e. The smallest absolute Gasteiger partial charge is 0.223 e. The Balaban J connectivity index is 1.83. The van der Waals surface area contributed by atoms with Crippen molar-refractivity contribution in [1.29, 1.82) is 0 Å². The summed E-state index contributed by atoms with van der Waals surface area (Å²) in [6, 6.07) is 2.38. The van der Waals surface area contributed by atoms with Crippen molar-refractivity contribution in [2.24, 2.45) is 0 Å². The number of rotatable bonds is 2. The first-order chi connectivity index (χ1) is 10.0. The molecular weight excluding hydrogens is 286 g/mol. The van der Waals surface area contributed by atoms with Gasteiger partial charge >= 0.3 is 0 Å². The summed E-state index contributed by atoms with van der Waals surface area (Å²) in [5.41, 5.74) is 5.83. The predicted octanol–water partition coefficient (Wildman–Crippen LogP) is 1.69. The normalized spacial score (nSPS) is 16.4. The lowest BCUT2D eigenvalue weighted by molar-refractivity contribution is -0.119. The van der Waals surface area contributed by atoms with Crippen molar-refractivity contribution < 1.29 is 4.79 Å². The zero-order valence-electron chi connectivity index (χ0n) is 12.2. The molecule has 112 valence electrons. The van der Waals surface area contributed by atoms with Gasteiger partial charge in [0.15, 0.2) is 0 Å². The first-order valence-electron chi connectivity index (χ1n) is 7.08. The summed E-state index contributed by atoms with van der Waals surface area (Å²) in [5, 5.41) is 4.06. The van der Waals surface area contributed by atoms with Crippen molar-refractivity contribution in [3.8, 4) is 0 Å². The van der Waals surface area contributed by atoms with Crippen LogP contribution in [0.3, 0.4) is 0 Å². The number of carbonyl (C=O) groups excluding carboxylic acids is 1. The van der Waals surface area contributed by atoms with Gasteiger partial charge in [-0.05, 0) is 25.8 Å². The Morgan fingerprint density at radius 1 is 1.43 bits per heavy atom. The first-order valence-corrected chi connectivity index (χ1v) is 7.90. The lowest BCUT2D eigenvalue weighted by Crippen LogP contribution is -2.44. The number of fused-ring (bicyclic) bond motifs is 1. The molecule has 0 atom stereocenters. The van der Waals surface area contributed by atoms with Gasteiger partial charge in [0.2, 0.25) is 11.9 Å². The molecule has 2 aromatic rings. The van der Waals surface area contributed by atoms with Crippen molar-refractivity contribution in [1.82, 2.24) is 15.3 Å². The van der Waals surface area contributed by atoms with Crippen LogP contribution in [0, 0.1) is 6.92 Å². The van der Waals surface area contributed by atoms with Gasteiger partial charge in [-0.25, -0.2) is 4.98 Å². The topological polar surface area (TPSA) is 84.1 Å². The van der Waals surface area contributed by atoms with E-state index in [1.807, 2.05) is 0 Å². The number of nitrogens with one attached hydrogen (secondary N) is 1. The van der Waals surface area contributed by atoms with Crippen LogP contribution in [0.4, 0.5) is 11.8 Å². The van der Waals surface area contributed by atoms with Crippen LogP contribution in [0.25, 0.3) is 10.2 Å². The Bertz CT molecular complexity index is 675. The van der Waals surface area contributed by atoms with E-state index in [1.54, 1.807) is 18.3 Å². The van der Waals surface area contributed by atoms with Crippen LogP contribution in [0.15, 0.2) is 6.07 Å². The summed E-state index contributed by atoms with van der Waals surface area (Å²) < 4.78 is 0. The molecule has 3 heterocycles. The summed E-state index contributed by atoms with van der Waals surface area (Å²) in [7, 11) is 0. The lowest BCUT2D eigenvalue weighted by atomic mass is 10.0. The van der Waals surface area contributed by atoms with Crippen LogP contribution >= 0.6 is 11.3 Å². The van der Waals surface area contributed by atoms with E-state index >= 15 is 0 Å². The Hall–Kier alpha value is -1.89. The van der Waals surface area contributed by atoms with Gasteiger partial charge in [-0.3, -0.25) is 4.79 Å². The number of carbonyl (C=O) groups is 1. The molecule has 0 bridgehead atoms. The molecule has 1 amide bonds. The highest BCUT2D eigenvalue weighted by Crippen LogP contribution is 2.32. The molecule has 0 spiro atoms. The van der Waals surface area contributed by atoms with Gasteiger partial charge in [0, 0.05) is 30.9 Å². The Labute approximate surface area is 127 Å². The van der Waals surface area contributed by atoms with E-state index < -0.39 is 0 Å². The van der Waals surface area contributed by atoms with Gasteiger partial charge in [0.1, 0.15) is 10.6 Å². The number of anilines is 2. The molecular formula is C14H19N5OS. The summed E-state index contributed by atoms with van der Waals surface area (Å²) in [6.45, 7) is 5.36. The number of nitrogen functional groups attached to an aromatic ring is 1. The summed E-state index contributed by atoms with van der Waals surface area (Å²) in [4.78, 5) is 24.3. The summed E-state index contributed by atoms with van der Waals surface area (Å²) >= 11 is 1.64. The monoisotopic (exact) mass is 305 g/mol. The molecule has 0 radical (unpaired) electrons. The number of hydrogen-bond donors (Lipinski definition) is 2. The summed E-state index contributed by atoms with van der Waals surface area (Å²) in [6.07, 6.45) is 1.85. The highest BCUT2D eigenvalue weighted by Gasteiger charge is 2.23. The number of nitrogens with zero attached hydrogens (tertiary/aromatic N) is 3. The maximum Gasteiger partial charge on any atom is 0.223 e. The fourth-order valence-electron chi connectivity index (χ4n) is 2.81. The Kier molecular flexibility index (Phi) is 3.67. The Morgan fingerprint density at radius 2 is 2.14 bits per heavy atom. The molecule has 1 aliphatic rings. The molecule has 21 heavy (non-hydrogen) atoms. The minimum Gasteiger partial charge on any atom is -0.368 e. The van der Waals surface area contributed by atoms with E-state index in [-0.39, 0.29) is 11.9 Å². The lowest BCUT2D eigenvalue weighted by Gasteiger charge is -2.33. The number of aryl methyl sites for hydroxylation is 1. The number of thiophene rings is 1. The third-order valence-corrected chi connectivity index (χ3v) is 4.66.